The predicted octanol–water partition coefficient (Wildman–Crippen LogP) is 0.687. The van der Waals surface area contributed by atoms with Gasteiger partial charge in [-0.1, -0.05) is 0 Å². The monoisotopic (exact) mass is 320 g/mol. The van der Waals surface area contributed by atoms with Crippen LogP contribution in [0.4, 0.5) is 4.79 Å². The van der Waals surface area contributed by atoms with E-state index in [9.17, 15) is 9.90 Å². The van der Waals surface area contributed by atoms with Gasteiger partial charge in [-0.05, 0) is 12.8 Å². The number of rotatable bonds is 1. The van der Waals surface area contributed by atoms with Crippen molar-refractivity contribution < 1.29 is 14.6 Å². The highest BCUT2D eigenvalue weighted by molar-refractivity contribution is 5.76. The van der Waals surface area contributed by atoms with E-state index in [0.29, 0.717) is 45.0 Å². The highest BCUT2D eigenvalue weighted by Gasteiger charge is 2.52. The minimum Gasteiger partial charge on any atom is -0.382 e. The van der Waals surface area contributed by atoms with Crippen LogP contribution in [0.1, 0.15) is 31.5 Å². The summed E-state index contributed by atoms with van der Waals surface area (Å²) in [6.45, 7) is 2.56. The fraction of sp³-hybridized carbons (Fsp3) is 0.750. The third-order valence-corrected chi connectivity index (χ3v) is 5.51. The molecule has 7 heteroatoms. The minimum absolute atomic E-state index is 0.103. The number of hydrogen-bond acceptors (Lipinski definition) is 4. The summed E-state index contributed by atoms with van der Waals surface area (Å²) < 4.78 is 7.23. The van der Waals surface area contributed by atoms with Crippen LogP contribution in [-0.2, 0) is 17.4 Å². The Morgan fingerprint density at radius 1 is 1.30 bits per heavy atom. The van der Waals surface area contributed by atoms with Crippen LogP contribution in [0.15, 0.2) is 12.4 Å². The Labute approximate surface area is 135 Å². The summed E-state index contributed by atoms with van der Waals surface area (Å²) in [7, 11) is 1.91. The Bertz CT molecular complexity index is 582. The maximum Gasteiger partial charge on any atom is 0.320 e. The number of ether oxygens (including phenoxy) is 1. The van der Waals surface area contributed by atoms with Gasteiger partial charge in [0.1, 0.15) is 11.4 Å². The van der Waals surface area contributed by atoms with Gasteiger partial charge in [0, 0.05) is 57.5 Å². The van der Waals surface area contributed by atoms with E-state index in [2.05, 4.69) is 4.98 Å². The largest absolute Gasteiger partial charge is 0.382 e. The second-order valence-electron chi connectivity index (χ2n) is 6.98. The summed E-state index contributed by atoms with van der Waals surface area (Å²) >= 11 is 0. The molecule has 23 heavy (non-hydrogen) atoms. The molecule has 1 aromatic rings. The zero-order valence-corrected chi connectivity index (χ0v) is 13.5. The van der Waals surface area contributed by atoms with Gasteiger partial charge in [-0.25, -0.2) is 9.78 Å². The van der Waals surface area contributed by atoms with E-state index in [1.165, 1.54) is 0 Å². The van der Waals surface area contributed by atoms with Crippen molar-refractivity contribution in [3.8, 4) is 0 Å². The molecule has 0 radical (unpaired) electrons. The van der Waals surface area contributed by atoms with Gasteiger partial charge in [0.2, 0.25) is 0 Å². The highest BCUT2D eigenvalue weighted by atomic mass is 16.5. The zero-order valence-electron chi connectivity index (χ0n) is 13.5. The first-order valence-corrected chi connectivity index (χ1v) is 8.44. The smallest absolute Gasteiger partial charge is 0.320 e. The van der Waals surface area contributed by atoms with Crippen molar-refractivity contribution in [2.24, 2.45) is 7.05 Å². The standard InChI is InChI=1S/C16H24N4O3/c1-18-5-4-17-14(18)16(22)10-12-2-3-13(11-16)20(12)15(21)19-6-8-23-9-7-19/h4-5,12-13,22H,2-3,6-11H2,1H3/t12-,13-/m1/s1. The second kappa shape index (κ2) is 5.49. The van der Waals surface area contributed by atoms with Gasteiger partial charge in [0.05, 0.1) is 13.2 Å². The minimum atomic E-state index is -0.925. The van der Waals surface area contributed by atoms with Gasteiger partial charge in [-0.15, -0.1) is 0 Å². The number of amides is 2. The number of nitrogens with zero attached hydrogens (tertiary/aromatic N) is 4. The van der Waals surface area contributed by atoms with E-state index >= 15 is 0 Å². The number of piperidine rings is 1. The summed E-state index contributed by atoms with van der Waals surface area (Å²) in [4.78, 5) is 21.1. The Balaban J connectivity index is 1.54. The summed E-state index contributed by atoms with van der Waals surface area (Å²) in [6, 6.07) is 0.319. The zero-order chi connectivity index (χ0) is 16.0. The molecule has 1 N–H and O–H groups in total. The molecule has 0 aromatic carbocycles. The summed E-state index contributed by atoms with van der Waals surface area (Å²) in [5, 5.41) is 11.1. The fourth-order valence-electron chi connectivity index (χ4n) is 4.45. The van der Waals surface area contributed by atoms with Gasteiger partial charge >= 0.3 is 6.03 Å². The molecule has 126 valence electrons. The topological polar surface area (TPSA) is 70.8 Å². The molecule has 0 aliphatic carbocycles. The van der Waals surface area contributed by atoms with E-state index in [1.807, 2.05) is 27.6 Å². The molecular weight excluding hydrogens is 296 g/mol. The van der Waals surface area contributed by atoms with Gasteiger partial charge < -0.3 is 24.2 Å². The molecule has 2 atom stereocenters. The van der Waals surface area contributed by atoms with Gasteiger partial charge in [0.25, 0.3) is 0 Å². The normalized spacial score (nSPS) is 34.0. The maximum atomic E-state index is 12.9. The Morgan fingerprint density at radius 3 is 2.52 bits per heavy atom. The van der Waals surface area contributed by atoms with Gasteiger partial charge in [-0.3, -0.25) is 0 Å². The van der Waals surface area contributed by atoms with Crippen LogP contribution in [0, 0.1) is 0 Å². The Hall–Kier alpha value is -1.60. The molecule has 0 unspecified atom stereocenters. The molecule has 1 aromatic heterocycles. The van der Waals surface area contributed by atoms with Crippen molar-refractivity contribution >= 4 is 6.03 Å². The van der Waals surface area contributed by atoms with E-state index < -0.39 is 5.60 Å². The molecule has 0 spiro atoms. The molecule has 3 saturated heterocycles. The molecular formula is C16H24N4O3. The van der Waals surface area contributed by atoms with Gasteiger partial charge in [0.15, 0.2) is 0 Å². The van der Waals surface area contributed by atoms with E-state index in [1.54, 1.807) is 6.20 Å². The molecule has 3 fully saturated rings. The van der Waals surface area contributed by atoms with Crippen molar-refractivity contribution in [3.05, 3.63) is 18.2 Å². The first-order valence-electron chi connectivity index (χ1n) is 8.44. The number of aromatic nitrogens is 2. The fourth-order valence-corrected chi connectivity index (χ4v) is 4.45. The predicted molar refractivity (Wildman–Crippen MR) is 82.8 cm³/mol. The van der Waals surface area contributed by atoms with Crippen LogP contribution < -0.4 is 0 Å². The number of imidazole rings is 1. The van der Waals surface area contributed by atoms with Crippen molar-refractivity contribution in [1.82, 2.24) is 19.4 Å². The van der Waals surface area contributed by atoms with Crippen molar-refractivity contribution in [1.29, 1.82) is 0 Å². The summed E-state index contributed by atoms with van der Waals surface area (Å²) in [6.07, 6.45) is 6.66. The van der Waals surface area contributed by atoms with E-state index in [4.69, 9.17) is 4.74 Å². The van der Waals surface area contributed by atoms with Crippen LogP contribution in [0.25, 0.3) is 0 Å². The highest BCUT2D eigenvalue weighted by Crippen LogP contribution is 2.45. The third-order valence-electron chi connectivity index (χ3n) is 5.51. The van der Waals surface area contributed by atoms with E-state index in [-0.39, 0.29) is 18.1 Å². The quantitative estimate of drug-likeness (QED) is 0.826. The number of carbonyl (C=O) groups excluding carboxylic acids is 1. The number of hydrogen-bond donors (Lipinski definition) is 1. The first-order chi connectivity index (χ1) is 11.1. The van der Waals surface area contributed by atoms with Crippen molar-refractivity contribution in [2.45, 2.75) is 43.4 Å². The average molecular weight is 320 g/mol. The summed E-state index contributed by atoms with van der Waals surface area (Å²) in [5.74, 6) is 0.716. The van der Waals surface area contributed by atoms with Crippen LogP contribution in [-0.4, -0.2) is 68.9 Å². The lowest BCUT2D eigenvalue weighted by Crippen LogP contribution is -2.57. The van der Waals surface area contributed by atoms with E-state index in [0.717, 1.165) is 12.8 Å². The van der Waals surface area contributed by atoms with Crippen LogP contribution >= 0.6 is 0 Å². The molecule has 3 aliphatic heterocycles. The number of fused-ring (bicyclic) bond motifs is 2. The molecule has 3 aliphatic rings. The molecule has 4 rings (SSSR count). The van der Waals surface area contributed by atoms with Gasteiger partial charge in [-0.2, -0.15) is 0 Å². The molecule has 2 bridgehead atoms. The lowest BCUT2D eigenvalue weighted by atomic mass is 9.85. The third kappa shape index (κ3) is 2.42. The number of aliphatic hydroxyl groups is 1. The van der Waals surface area contributed by atoms with Crippen LogP contribution in [0.5, 0.6) is 0 Å². The molecule has 2 amide bonds. The van der Waals surface area contributed by atoms with Crippen LogP contribution in [0.2, 0.25) is 0 Å². The molecule has 7 nitrogen and oxygen atoms in total. The lowest BCUT2D eigenvalue weighted by molar-refractivity contribution is -0.0579. The molecule has 4 heterocycles. The Morgan fingerprint density at radius 2 is 1.96 bits per heavy atom. The van der Waals surface area contributed by atoms with Crippen molar-refractivity contribution in [2.75, 3.05) is 26.3 Å². The number of morpholine rings is 1. The molecule has 0 saturated carbocycles. The maximum absolute atomic E-state index is 12.9. The second-order valence-corrected chi connectivity index (χ2v) is 6.98. The van der Waals surface area contributed by atoms with Crippen molar-refractivity contribution in [3.63, 3.8) is 0 Å². The van der Waals surface area contributed by atoms with Crippen LogP contribution in [0.3, 0.4) is 0 Å². The number of urea groups is 1. The average Bonchev–Trinajstić information content (AvgIpc) is 3.10. The lowest BCUT2D eigenvalue weighted by Gasteiger charge is -2.45. The number of aryl methyl sites for hydroxylation is 1. The summed E-state index contributed by atoms with van der Waals surface area (Å²) in [5.41, 5.74) is -0.925. The SMILES string of the molecule is Cn1ccnc1C1(O)C[C@H]2CC[C@H](C1)N2C(=O)N1CCOCC1. The first kappa shape index (κ1) is 15.0. The number of carbonyl (C=O) groups is 1. The Kier molecular flexibility index (Phi) is 3.57.